The minimum absolute atomic E-state index is 0.0183. The van der Waals surface area contributed by atoms with Crippen molar-refractivity contribution >= 4 is 36.7 Å². The summed E-state index contributed by atoms with van der Waals surface area (Å²) in [7, 11) is 0. The fourth-order valence-electron chi connectivity index (χ4n) is 0.564. The van der Waals surface area contributed by atoms with Crippen molar-refractivity contribution in [2.75, 3.05) is 0 Å². The Balaban J connectivity index is 3.33. The van der Waals surface area contributed by atoms with Gasteiger partial charge in [-0.05, 0) is 6.42 Å². The summed E-state index contributed by atoms with van der Waals surface area (Å²) in [6.45, 7) is 0. The van der Waals surface area contributed by atoms with E-state index >= 15 is 0 Å². The van der Waals surface area contributed by atoms with Gasteiger partial charge in [-0.25, -0.2) is 0 Å². The molecule has 2 nitrogen and oxygen atoms in total. The predicted octanol–water partition coefficient (Wildman–Crippen LogP) is 1.11. The van der Waals surface area contributed by atoms with Crippen LogP contribution in [0, 0.1) is 0 Å². The van der Waals surface area contributed by atoms with E-state index in [0.717, 1.165) is 6.29 Å². The molecule has 1 atom stereocenters. The Hall–Kier alpha value is 0.0400. The van der Waals surface area contributed by atoms with Gasteiger partial charge in [-0.2, -0.15) is 12.6 Å². The fourth-order valence-corrected chi connectivity index (χ4v) is 1.24. The molecule has 0 spiro atoms. The van der Waals surface area contributed by atoms with Gasteiger partial charge in [0.05, 0.1) is 0 Å². The number of carbonyl (C=O) groups excluding carboxylic acids is 2. The van der Waals surface area contributed by atoms with Gasteiger partial charge in [-0.3, -0.25) is 4.79 Å². The standard InChI is InChI=1S/C6H10O2S2/c7-3-1-2-5(9)4-6(8)10/h3,5,9H,1-2,4H2,(H,8,10). The Morgan fingerprint density at radius 3 is 2.60 bits per heavy atom. The molecule has 0 radical (unpaired) electrons. The number of carbonyl (C=O) groups is 2. The summed E-state index contributed by atoms with van der Waals surface area (Å²) >= 11 is 7.66. The van der Waals surface area contributed by atoms with Gasteiger partial charge in [-0.1, -0.05) is 0 Å². The van der Waals surface area contributed by atoms with Crippen molar-refractivity contribution in [1.29, 1.82) is 0 Å². The summed E-state index contributed by atoms with van der Waals surface area (Å²) in [5, 5.41) is -0.193. The van der Waals surface area contributed by atoms with Crippen molar-refractivity contribution in [3.8, 4) is 0 Å². The van der Waals surface area contributed by atoms with Crippen LogP contribution >= 0.6 is 25.3 Å². The molecule has 58 valence electrons. The molecule has 0 amide bonds. The van der Waals surface area contributed by atoms with E-state index in [1.165, 1.54) is 0 Å². The van der Waals surface area contributed by atoms with Crippen LogP contribution in [0.25, 0.3) is 0 Å². The van der Waals surface area contributed by atoms with E-state index in [1.54, 1.807) is 0 Å². The smallest absolute Gasteiger partial charge is 0.187 e. The molecule has 0 rings (SSSR count). The lowest BCUT2D eigenvalue weighted by molar-refractivity contribution is -0.111. The highest BCUT2D eigenvalue weighted by Crippen LogP contribution is 2.09. The van der Waals surface area contributed by atoms with E-state index in [4.69, 9.17) is 0 Å². The highest BCUT2D eigenvalue weighted by atomic mass is 32.1. The first-order valence-corrected chi connectivity index (χ1v) is 3.96. The molecule has 1 unspecified atom stereocenters. The molecule has 0 aromatic heterocycles. The summed E-state index contributed by atoms with van der Waals surface area (Å²) in [6, 6.07) is 0. The van der Waals surface area contributed by atoms with Crippen LogP contribution in [0.3, 0.4) is 0 Å². The van der Waals surface area contributed by atoms with E-state index < -0.39 is 0 Å². The Kier molecular flexibility index (Phi) is 5.82. The number of hydrogen-bond donors (Lipinski definition) is 2. The first-order valence-electron chi connectivity index (χ1n) is 3.00. The van der Waals surface area contributed by atoms with Gasteiger partial charge >= 0.3 is 0 Å². The summed E-state index contributed by atoms with van der Waals surface area (Å²) < 4.78 is 0. The van der Waals surface area contributed by atoms with Crippen LogP contribution in [0.5, 0.6) is 0 Å². The normalized spacial score (nSPS) is 12.6. The second-order valence-corrected chi connectivity index (χ2v) is 3.22. The van der Waals surface area contributed by atoms with E-state index in [1.807, 2.05) is 0 Å². The van der Waals surface area contributed by atoms with Crippen molar-refractivity contribution in [2.24, 2.45) is 0 Å². The molecular weight excluding hydrogens is 168 g/mol. The van der Waals surface area contributed by atoms with Crippen LogP contribution in [0.4, 0.5) is 0 Å². The van der Waals surface area contributed by atoms with Crippen molar-refractivity contribution in [1.82, 2.24) is 0 Å². The van der Waals surface area contributed by atoms with E-state index in [9.17, 15) is 9.59 Å². The minimum Gasteiger partial charge on any atom is -0.303 e. The number of aldehydes is 1. The number of rotatable bonds is 5. The maximum absolute atomic E-state index is 10.3. The quantitative estimate of drug-likeness (QED) is 0.488. The van der Waals surface area contributed by atoms with Gasteiger partial charge in [-0.15, -0.1) is 12.6 Å². The Bertz CT molecular complexity index is 125. The Labute approximate surface area is 71.2 Å². The molecule has 0 aliphatic heterocycles. The molecule has 10 heavy (non-hydrogen) atoms. The molecule has 0 aromatic carbocycles. The van der Waals surface area contributed by atoms with Crippen molar-refractivity contribution in [3.63, 3.8) is 0 Å². The fraction of sp³-hybridized carbons (Fsp3) is 0.667. The molecular formula is C6H10O2S2. The van der Waals surface area contributed by atoms with Crippen molar-refractivity contribution in [2.45, 2.75) is 24.5 Å². The summed E-state index contributed by atoms with van der Waals surface area (Å²) in [4.78, 5) is 20.2. The molecule has 0 N–H and O–H groups in total. The number of thiol groups is 2. The van der Waals surface area contributed by atoms with Gasteiger partial charge in [0, 0.05) is 18.1 Å². The molecule has 4 heteroatoms. The highest BCUT2D eigenvalue weighted by Gasteiger charge is 2.05. The highest BCUT2D eigenvalue weighted by molar-refractivity contribution is 7.96. The zero-order valence-corrected chi connectivity index (χ0v) is 7.28. The van der Waals surface area contributed by atoms with E-state index in [-0.39, 0.29) is 10.4 Å². The molecule has 0 saturated carbocycles. The molecule has 0 saturated heterocycles. The van der Waals surface area contributed by atoms with Crippen LogP contribution in [-0.2, 0) is 9.59 Å². The maximum Gasteiger partial charge on any atom is 0.187 e. The predicted molar refractivity (Wildman–Crippen MR) is 46.7 cm³/mol. The van der Waals surface area contributed by atoms with Gasteiger partial charge in [0.2, 0.25) is 0 Å². The summed E-state index contributed by atoms with van der Waals surface area (Å²) in [6.07, 6.45) is 2.28. The first kappa shape index (κ1) is 10.0. The lowest BCUT2D eigenvalue weighted by Crippen LogP contribution is -2.03. The lowest BCUT2D eigenvalue weighted by atomic mass is 10.2. The number of hydrogen-bond acceptors (Lipinski definition) is 3. The summed E-state index contributed by atoms with van der Waals surface area (Å²) in [5.41, 5.74) is 0. The molecule has 0 fully saturated rings. The Morgan fingerprint density at radius 1 is 1.60 bits per heavy atom. The largest absolute Gasteiger partial charge is 0.303 e. The molecule has 0 aliphatic carbocycles. The Morgan fingerprint density at radius 2 is 2.20 bits per heavy atom. The van der Waals surface area contributed by atoms with Gasteiger partial charge in [0.1, 0.15) is 6.29 Å². The van der Waals surface area contributed by atoms with Gasteiger partial charge < -0.3 is 4.79 Å². The molecule has 0 bridgehead atoms. The van der Waals surface area contributed by atoms with Crippen molar-refractivity contribution in [3.05, 3.63) is 0 Å². The van der Waals surface area contributed by atoms with Crippen molar-refractivity contribution < 1.29 is 9.59 Å². The zero-order chi connectivity index (χ0) is 7.98. The second kappa shape index (κ2) is 5.80. The summed E-state index contributed by atoms with van der Waals surface area (Å²) in [5.74, 6) is 0. The average Bonchev–Trinajstić information content (AvgIpc) is 1.82. The SMILES string of the molecule is O=CCCC(S)CC(=O)S. The third-order valence-corrected chi connectivity index (χ3v) is 1.65. The average molecular weight is 178 g/mol. The van der Waals surface area contributed by atoms with Crippen LogP contribution in [0.15, 0.2) is 0 Å². The van der Waals surface area contributed by atoms with Crippen LogP contribution in [0.1, 0.15) is 19.3 Å². The minimum atomic E-state index is -0.175. The van der Waals surface area contributed by atoms with Crippen LogP contribution < -0.4 is 0 Å². The second-order valence-electron chi connectivity index (χ2n) is 2.00. The maximum atomic E-state index is 10.3. The van der Waals surface area contributed by atoms with E-state index in [0.29, 0.717) is 19.3 Å². The third kappa shape index (κ3) is 6.16. The third-order valence-electron chi connectivity index (χ3n) is 1.03. The van der Waals surface area contributed by atoms with Crippen LogP contribution in [-0.4, -0.2) is 16.7 Å². The monoisotopic (exact) mass is 178 g/mol. The topological polar surface area (TPSA) is 34.1 Å². The van der Waals surface area contributed by atoms with E-state index in [2.05, 4.69) is 25.3 Å². The van der Waals surface area contributed by atoms with Gasteiger partial charge in [0.25, 0.3) is 0 Å². The van der Waals surface area contributed by atoms with Gasteiger partial charge in [0.15, 0.2) is 5.12 Å². The van der Waals surface area contributed by atoms with Crippen LogP contribution in [0.2, 0.25) is 0 Å². The first-order chi connectivity index (χ1) is 4.66. The zero-order valence-electron chi connectivity index (χ0n) is 5.49. The lowest BCUT2D eigenvalue weighted by Gasteiger charge is -2.03. The molecule has 0 aromatic rings. The molecule has 0 heterocycles. The molecule has 0 aliphatic rings.